The summed E-state index contributed by atoms with van der Waals surface area (Å²) in [4.78, 5) is 32.8. The predicted molar refractivity (Wildman–Crippen MR) is 112 cm³/mol. The molecule has 1 amide bonds. The van der Waals surface area contributed by atoms with Gasteiger partial charge in [0.2, 0.25) is 5.95 Å². The molecule has 0 saturated carbocycles. The Morgan fingerprint density at radius 1 is 0.862 bits per heavy atom. The van der Waals surface area contributed by atoms with E-state index in [-0.39, 0.29) is 11.6 Å². The molecule has 0 atom stereocenters. The minimum atomic E-state index is -0.409. The van der Waals surface area contributed by atoms with Crippen LogP contribution >= 0.6 is 0 Å². The molecule has 29 heavy (non-hydrogen) atoms. The molecule has 3 aromatic rings. The van der Waals surface area contributed by atoms with Crippen LogP contribution in [0.25, 0.3) is 0 Å². The number of ether oxygens (including phenoxy) is 1. The molecular formula is C22H22N4O3. The molecule has 3 rings (SSSR count). The van der Waals surface area contributed by atoms with Gasteiger partial charge in [-0.15, -0.1) is 0 Å². The van der Waals surface area contributed by atoms with Crippen molar-refractivity contribution in [3.63, 3.8) is 0 Å². The van der Waals surface area contributed by atoms with Gasteiger partial charge in [0.1, 0.15) is 5.69 Å². The Bertz CT molecular complexity index is 1040. The van der Waals surface area contributed by atoms with Crippen molar-refractivity contribution < 1.29 is 14.3 Å². The SMILES string of the molecule is COC(=O)c1ccc(Nc2nc(C)cc(C(=O)Nc3cc(C)cc(C)c3)n2)cc1. The summed E-state index contributed by atoms with van der Waals surface area (Å²) in [5.41, 5.74) is 4.88. The molecule has 0 aliphatic carbocycles. The van der Waals surface area contributed by atoms with Crippen LogP contribution in [0.1, 0.15) is 37.7 Å². The number of aryl methyl sites for hydroxylation is 3. The minimum Gasteiger partial charge on any atom is -0.465 e. The van der Waals surface area contributed by atoms with Crippen molar-refractivity contribution in [1.82, 2.24) is 9.97 Å². The molecule has 1 heterocycles. The van der Waals surface area contributed by atoms with Crippen molar-refractivity contribution in [2.75, 3.05) is 17.7 Å². The lowest BCUT2D eigenvalue weighted by Gasteiger charge is -2.10. The van der Waals surface area contributed by atoms with Gasteiger partial charge in [-0.05, 0) is 74.4 Å². The van der Waals surface area contributed by atoms with Crippen LogP contribution in [0.4, 0.5) is 17.3 Å². The quantitative estimate of drug-likeness (QED) is 0.635. The van der Waals surface area contributed by atoms with E-state index in [0.29, 0.717) is 22.9 Å². The zero-order valence-corrected chi connectivity index (χ0v) is 16.7. The summed E-state index contributed by atoms with van der Waals surface area (Å²) in [6.07, 6.45) is 0. The van der Waals surface area contributed by atoms with Crippen LogP contribution in [0.2, 0.25) is 0 Å². The highest BCUT2D eigenvalue weighted by molar-refractivity contribution is 6.03. The minimum absolute atomic E-state index is 0.255. The third kappa shape index (κ3) is 5.16. The highest BCUT2D eigenvalue weighted by atomic mass is 16.5. The number of carbonyl (C=O) groups is 2. The monoisotopic (exact) mass is 390 g/mol. The van der Waals surface area contributed by atoms with Crippen LogP contribution in [0, 0.1) is 20.8 Å². The van der Waals surface area contributed by atoms with Crippen molar-refractivity contribution in [3.8, 4) is 0 Å². The predicted octanol–water partition coefficient (Wildman–Crippen LogP) is 4.18. The van der Waals surface area contributed by atoms with Crippen LogP contribution in [0.3, 0.4) is 0 Å². The largest absolute Gasteiger partial charge is 0.465 e. The number of benzene rings is 2. The summed E-state index contributed by atoms with van der Waals surface area (Å²) < 4.78 is 4.69. The Labute approximate surface area is 169 Å². The first-order valence-corrected chi connectivity index (χ1v) is 9.05. The lowest BCUT2D eigenvalue weighted by Crippen LogP contribution is -2.15. The Kier molecular flexibility index (Phi) is 5.87. The van der Waals surface area contributed by atoms with E-state index < -0.39 is 5.97 Å². The van der Waals surface area contributed by atoms with E-state index in [2.05, 4.69) is 25.3 Å². The lowest BCUT2D eigenvalue weighted by atomic mass is 10.1. The van der Waals surface area contributed by atoms with Gasteiger partial charge < -0.3 is 15.4 Å². The highest BCUT2D eigenvalue weighted by Gasteiger charge is 2.12. The topological polar surface area (TPSA) is 93.2 Å². The van der Waals surface area contributed by atoms with E-state index in [1.54, 1.807) is 37.3 Å². The molecule has 0 saturated heterocycles. The van der Waals surface area contributed by atoms with Crippen molar-refractivity contribution in [2.45, 2.75) is 20.8 Å². The summed E-state index contributed by atoms with van der Waals surface area (Å²) in [5.74, 6) is -0.431. The molecule has 0 spiro atoms. The van der Waals surface area contributed by atoms with Crippen molar-refractivity contribution in [1.29, 1.82) is 0 Å². The number of rotatable bonds is 5. The molecule has 0 aliphatic heterocycles. The number of hydrogen-bond donors (Lipinski definition) is 2. The zero-order chi connectivity index (χ0) is 21.0. The van der Waals surface area contributed by atoms with Gasteiger partial charge in [0, 0.05) is 17.1 Å². The van der Waals surface area contributed by atoms with Gasteiger partial charge in [0.25, 0.3) is 5.91 Å². The molecule has 2 aromatic carbocycles. The summed E-state index contributed by atoms with van der Waals surface area (Å²) in [5, 5.41) is 5.93. The van der Waals surface area contributed by atoms with Gasteiger partial charge in [0.05, 0.1) is 12.7 Å². The van der Waals surface area contributed by atoms with Crippen molar-refractivity contribution >= 4 is 29.2 Å². The van der Waals surface area contributed by atoms with E-state index in [1.807, 2.05) is 32.0 Å². The molecule has 7 heteroatoms. The number of carbonyl (C=O) groups excluding carboxylic acids is 2. The van der Waals surface area contributed by atoms with Gasteiger partial charge in [-0.2, -0.15) is 0 Å². The van der Waals surface area contributed by atoms with Gasteiger partial charge in [-0.25, -0.2) is 14.8 Å². The average molecular weight is 390 g/mol. The maximum absolute atomic E-state index is 12.7. The molecule has 7 nitrogen and oxygen atoms in total. The van der Waals surface area contributed by atoms with Crippen LogP contribution < -0.4 is 10.6 Å². The summed E-state index contributed by atoms with van der Waals surface area (Å²) in [6, 6.07) is 14.2. The molecule has 0 radical (unpaired) electrons. The normalized spacial score (nSPS) is 10.3. The fourth-order valence-corrected chi connectivity index (χ4v) is 2.92. The molecule has 0 bridgehead atoms. The van der Waals surface area contributed by atoms with Crippen LogP contribution in [0.5, 0.6) is 0 Å². The van der Waals surface area contributed by atoms with Crippen molar-refractivity contribution in [2.24, 2.45) is 0 Å². The van der Waals surface area contributed by atoms with Crippen LogP contribution in [-0.2, 0) is 4.74 Å². The maximum atomic E-state index is 12.7. The maximum Gasteiger partial charge on any atom is 0.337 e. The molecule has 0 fully saturated rings. The first kappa shape index (κ1) is 20.0. The number of nitrogens with zero attached hydrogens (tertiary/aromatic N) is 2. The fourth-order valence-electron chi connectivity index (χ4n) is 2.92. The van der Waals surface area contributed by atoms with E-state index in [0.717, 1.165) is 16.8 Å². The summed E-state index contributed by atoms with van der Waals surface area (Å²) in [6.45, 7) is 5.75. The van der Waals surface area contributed by atoms with Gasteiger partial charge >= 0.3 is 5.97 Å². The molecular weight excluding hydrogens is 368 g/mol. The Hall–Kier alpha value is -3.74. The first-order valence-electron chi connectivity index (χ1n) is 9.05. The molecule has 148 valence electrons. The number of anilines is 3. The van der Waals surface area contributed by atoms with E-state index in [9.17, 15) is 9.59 Å². The molecule has 1 aromatic heterocycles. The standard InChI is InChI=1S/C22H22N4O3/c1-13-9-14(2)11-18(10-13)24-20(27)19-12-15(3)23-22(26-19)25-17-7-5-16(6-8-17)21(28)29-4/h5-12H,1-4H3,(H,24,27)(H,23,25,26). The van der Waals surface area contributed by atoms with Gasteiger partial charge in [0.15, 0.2) is 0 Å². The Morgan fingerprint density at radius 3 is 2.14 bits per heavy atom. The van der Waals surface area contributed by atoms with Gasteiger partial charge in [-0.3, -0.25) is 4.79 Å². The number of methoxy groups -OCH3 is 1. The average Bonchev–Trinajstić information content (AvgIpc) is 2.66. The zero-order valence-electron chi connectivity index (χ0n) is 16.7. The van der Waals surface area contributed by atoms with E-state index in [4.69, 9.17) is 0 Å². The lowest BCUT2D eigenvalue weighted by molar-refractivity contribution is 0.0600. The smallest absolute Gasteiger partial charge is 0.337 e. The second-order valence-electron chi connectivity index (χ2n) is 6.74. The van der Waals surface area contributed by atoms with Crippen molar-refractivity contribution in [3.05, 3.63) is 76.6 Å². The third-order valence-corrected chi connectivity index (χ3v) is 4.13. The Balaban J connectivity index is 1.78. The number of nitrogens with one attached hydrogen (secondary N) is 2. The third-order valence-electron chi connectivity index (χ3n) is 4.13. The molecule has 0 unspecified atom stereocenters. The number of aromatic nitrogens is 2. The second-order valence-corrected chi connectivity index (χ2v) is 6.74. The molecule has 2 N–H and O–H groups in total. The van der Waals surface area contributed by atoms with Crippen LogP contribution in [0.15, 0.2) is 48.5 Å². The number of hydrogen-bond acceptors (Lipinski definition) is 6. The van der Waals surface area contributed by atoms with E-state index in [1.165, 1.54) is 7.11 Å². The Morgan fingerprint density at radius 2 is 1.52 bits per heavy atom. The van der Waals surface area contributed by atoms with E-state index >= 15 is 0 Å². The summed E-state index contributed by atoms with van der Waals surface area (Å²) in [7, 11) is 1.33. The first-order chi connectivity index (χ1) is 13.8. The number of esters is 1. The fraction of sp³-hybridized carbons (Fsp3) is 0.182. The highest BCUT2D eigenvalue weighted by Crippen LogP contribution is 2.18. The second kappa shape index (κ2) is 8.52. The summed E-state index contributed by atoms with van der Waals surface area (Å²) >= 11 is 0. The molecule has 0 aliphatic rings. The van der Waals surface area contributed by atoms with Gasteiger partial charge in [-0.1, -0.05) is 6.07 Å². The van der Waals surface area contributed by atoms with Crippen LogP contribution in [-0.4, -0.2) is 29.0 Å². The number of amides is 1.